The largest absolute Gasteiger partial charge is 0.507 e. The Morgan fingerprint density at radius 3 is 2.13 bits per heavy atom. The van der Waals surface area contributed by atoms with Crippen molar-refractivity contribution in [2.75, 3.05) is 29.1 Å². The lowest BCUT2D eigenvalue weighted by Crippen LogP contribution is -2.11. The Hall–Kier alpha value is -2.90. The maximum atomic E-state index is 9.84. The number of anilines is 3. The number of para-hydroxylation sites is 1. The zero-order valence-electron chi connectivity index (χ0n) is 13.5. The lowest BCUT2D eigenvalue weighted by Gasteiger charge is -2.08. The summed E-state index contributed by atoms with van der Waals surface area (Å²) in [6.07, 6.45) is 0. The number of hydrogen-bond donors (Lipinski definition) is 4. The smallest absolute Gasteiger partial charge is 0.250 e. The molecule has 0 aliphatic rings. The molecule has 1 aromatic carbocycles. The van der Waals surface area contributed by atoms with Crippen molar-refractivity contribution in [1.29, 1.82) is 0 Å². The van der Waals surface area contributed by atoms with Crippen molar-refractivity contribution in [3.63, 3.8) is 0 Å². The summed E-state index contributed by atoms with van der Waals surface area (Å²) in [7, 11) is 0. The Bertz CT molecular complexity index is 663. The number of hydrazone groups is 1. The highest BCUT2D eigenvalue weighted by Gasteiger charge is 2.06. The van der Waals surface area contributed by atoms with Gasteiger partial charge in [-0.25, -0.2) is 5.43 Å². The molecule has 0 amide bonds. The van der Waals surface area contributed by atoms with Crippen molar-refractivity contribution >= 4 is 23.6 Å². The van der Waals surface area contributed by atoms with Crippen LogP contribution in [0.4, 0.5) is 17.8 Å². The van der Waals surface area contributed by atoms with Gasteiger partial charge >= 0.3 is 0 Å². The highest BCUT2D eigenvalue weighted by molar-refractivity contribution is 6.01. The van der Waals surface area contributed by atoms with Crippen molar-refractivity contribution in [3.05, 3.63) is 29.8 Å². The molecule has 0 fully saturated rings. The maximum Gasteiger partial charge on any atom is 0.250 e. The number of aromatic hydroxyl groups is 1. The topological polar surface area (TPSA) is 107 Å². The van der Waals surface area contributed by atoms with E-state index in [2.05, 4.69) is 36.1 Å². The molecule has 4 N–H and O–H groups in total. The van der Waals surface area contributed by atoms with Crippen LogP contribution >= 0.6 is 0 Å². The van der Waals surface area contributed by atoms with E-state index >= 15 is 0 Å². The Kier molecular flexibility index (Phi) is 5.67. The summed E-state index contributed by atoms with van der Waals surface area (Å²) >= 11 is 0. The number of benzene rings is 1. The molecule has 0 aliphatic carbocycles. The molecule has 0 bridgehead atoms. The van der Waals surface area contributed by atoms with E-state index in [4.69, 9.17) is 0 Å². The third kappa shape index (κ3) is 4.53. The van der Waals surface area contributed by atoms with Crippen LogP contribution in [0, 0.1) is 0 Å². The second-order valence-electron chi connectivity index (χ2n) is 4.69. The van der Waals surface area contributed by atoms with Crippen LogP contribution < -0.4 is 16.1 Å². The minimum atomic E-state index is 0.174. The number of rotatable bonds is 7. The van der Waals surface area contributed by atoms with Gasteiger partial charge in [0.2, 0.25) is 17.8 Å². The average molecular weight is 315 g/mol. The normalized spacial score (nSPS) is 11.2. The predicted molar refractivity (Wildman–Crippen MR) is 92.1 cm³/mol. The van der Waals surface area contributed by atoms with Gasteiger partial charge in [0.25, 0.3) is 0 Å². The zero-order valence-corrected chi connectivity index (χ0v) is 13.5. The molecule has 0 radical (unpaired) electrons. The van der Waals surface area contributed by atoms with Crippen LogP contribution in [0.5, 0.6) is 5.75 Å². The highest BCUT2D eigenvalue weighted by Crippen LogP contribution is 2.17. The van der Waals surface area contributed by atoms with Gasteiger partial charge in [0.1, 0.15) is 5.75 Å². The summed E-state index contributed by atoms with van der Waals surface area (Å²) in [6.45, 7) is 7.12. The van der Waals surface area contributed by atoms with Crippen molar-refractivity contribution in [2.24, 2.45) is 5.10 Å². The number of nitrogens with one attached hydrogen (secondary N) is 3. The lowest BCUT2D eigenvalue weighted by atomic mass is 10.1. The molecular weight excluding hydrogens is 294 g/mol. The molecule has 0 aliphatic heterocycles. The van der Waals surface area contributed by atoms with Gasteiger partial charge in [-0.1, -0.05) is 12.1 Å². The van der Waals surface area contributed by atoms with Gasteiger partial charge in [-0.15, -0.1) is 0 Å². The fraction of sp³-hybridized carbons (Fsp3) is 0.333. The molecule has 1 aromatic heterocycles. The first-order chi connectivity index (χ1) is 11.1. The molecule has 0 atom stereocenters. The van der Waals surface area contributed by atoms with E-state index in [1.54, 1.807) is 25.1 Å². The Balaban J connectivity index is 2.21. The molecule has 0 saturated carbocycles. The summed E-state index contributed by atoms with van der Waals surface area (Å²) in [6, 6.07) is 7.00. The molecule has 2 rings (SSSR count). The van der Waals surface area contributed by atoms with E-state index in [9.17, 15) is 5.11 Å². The van der Waals surface area contributed by atoms with Crippen LogP contribution in [-0.4, -0.2) is 38.9 Å². The third-order valence-corrected chi connectivity index (χ3v) is 2.92. The van der Waals surface area contributed by atoms with E-state index < -0.39 is 0 Å². The van der Waals surface area contributed by atoms with Gasteiger partial charge < -0.3 is 15.7 Å². The molecule has 2 aromatic rings. The van der Waals surface area contributed by atoms with Gasteiger partial charge in [-0.3, -0.25) is 0 Å². The molecule has 8 nitrogen and oxygen atoms in total. The number of aromatic nitrogens is 3. The summed E-state index contributed by atoms with van der Waals surface area (Å²) in [5.41, 5.74) is 4.07. The minimum absolute atomic E-state index is 0.174. The molecule has 23 heavy (non-hydrogen) atoms. The van der Waals surface area contributed by atoms with E-state index in [1.807, 2.05) is 19.9 Å². The number of hydrogen-bond acceptors (Lipinski definition) is 8. The summed E-state index contributed by atoms with van der Waals surface area (Å²) in [5, 5.41) is 20.2. The zero-order chi connectivity index (χ0) is 16.7. The molecule has 122 valence electrons. The third-order valence-electron chi connectivity index (χ3n) is 2.92. The van der Waals surface area contributed by atoms with Gasteiger partial charge in [-0.2, -0.15) is 20.1 Å². The van der Waals surface area contributed by atoms with Crippen LogP contribution in [0.3, 0.4) is 0 Å². The number of nitrogens with zero attached hydrogens (tertiary/aromatic N) is 4. The highest BCUT2D eigenvalue weighted by atomic mass is 16.3. The van der Waals surface area contributed by atoms with Crippen molar-refractivity contribution < 1.29 is 5.11 Å². The van der Waals surface area contributed by atoms with Crippen molar-refractivity contribution in [2.45, 2.75) is 20.8 Å². The first kappa shape index (κ1) is 16.5. The molecule has 8 heteroatoms. The van der Waals surface area contributed by atoms with Gasteiger partial charge in [0, 0.05) is 18.7 Å². The number of phenols is 1. The second kappa shape index (κ2) is 7.92. The maximum absolute atomic E-state index is 9.84. The van der Waals surface area contributed by atoms with Crippen molar-refractivity contribution in [1.82, 2.24) is 15.0 Å². The van der Waals surface area contributed by atoms with E-state index in [0.29, 0.717) is 42.2 Å². The van der Waals surface area contributed by atoms with Gasteiger partial charge in [0.15, 0.2) is 0 Å². The fourth-order valence-corrected chi connectivity index (χ4v) is 1.87. The Labute approximate surface area is 135 Å². The molecule has 0 spiro atoms. The average Bonchev–Trinajstić information content (AvgIpc) is 2.53. The summed E-state index contributed by atoms with van der Waals surface area (Å²) in [5.74, 6) is 1.43. The Morgan fingerprint density at radius 2 is 1.57 bits per heavy atom. The minimum Gasteiger partial charge on any atom is -0.507 e. The van der Waals surface area contributed by atoms with Crippen LogP contribution in [0.1, 0.15) is 26.3 Å². The van der Waals surface area contributed by atoms with Crippen molar-refractivity contribution in [3.8, 4) is 5.75 Å². The fourth-order valence-electron chi connectivity index (χ4n) is 1.87. The standard InChI is InChI=1S/C15H21N7O/c1-4-16-13-18-14(17-5-2)20-15(19-13)22-21-10(3)11-8-6-7-9-12(11)23/h6-9,23H,4-5H2,1-3H3,(H3,16,17,18,19,20,22)/b21-10+. The Morgan fingerprint density at radius 1 is 1.00 bits per heavy atom. The van der Waals surface area contributed by atoms with Crippen LogP contribution in [0.25, 0.3) is 0 Å². The van der Waals surface area contributed by atoms with Gasteiger partial charge in [0.05, 0.1) is 5.71 Å². The number of phenolic OH excluding ortho intramolecular Hbond substituents is 1. The first-order valence-electron chi connectivity index (χ1n) is 7.46. The van der Waals surface area contributed by atoms with Crippen LogP contribution in [0.2, 0.25) is 0 Å². The summed E-state index contributed by atoms with van der Waals surface area (Å²) in [4.78, 5) is 12.7. The molecule has 1 heterocycles. The molecule has 0 unspecified atom stereocenters. The second-order valence-corrected chi connectivity index (χ2v) is 4.69. The first-order valence-corrected chi connectivity index (χ1v) is 7.46. The SMILES string of the molecule is CCNc1nc(NCC)nc(N/N=C(\C)c2ccccc2O)n1. The molecular formula is C15H21N7O. The van der Waals surface area contributed by atoms with E-state index in [-0.39, 0.29) is 5.75 Å². The molecule has 0 saturated heterocycles. The predicted octanol–water partition coefficient (Wildman–Crippen LogP) is 2.28. The monoisotopic (exact) mass is 315 g/mol. The van der Waals surface area contributed by atoms with Crippen LogP contribution in [0.15, 0.2) is 29.4 Å². The van der Waals surface area contributed by atoms with Crippen LogP contribution in [-0.2, 0) is 0 Å². The van der Waals surface area contributed by atoms with E-state index in [1.165, 1.54) is 0 Å². The summed E-state index contributed by atoms with van der Waals surface area (Å²) < 4.78 is 0. The van der Waals surface area contributed by atoms with E-state index in [0.717, 1.165) is 0 Å². The van der Waals surface area contributed by atoms with Gasteiger partial charge in [-0.05, 0) is 32.9 Å². The lowest BCUT2D eigenvalue weighted by molar-refractivity contribution is 0.474. The quantitative estimate of drug-likeness (QED) is 0.458.